The van der Waals surface area contributed by atoms with Crippen LogP contribution in [-0.4, -0.2) is 43.0 Å². The minimum Gasteiger partial charge on any atom is -0.359 e. The fraction of sp³-hybridized carbons (Fsp3) is 0.600. The highest BCUT2D eigenvalue weighted by molar-refractivity contribution is 5.76. The van der Waals surface area contributed by atoms with Crippen LogP contribution in [0.2, 0.25) is 0 Å². The van der Waals surface area contributed by atoms with Gasteiger partial charge in [-0.1, -0.05) is 26.0 Å². The highest BCUT2D eigenvalue weighted by Gasteiger charge is 2.26. The summed E-state index contributed by atoms with van der Waals surface area (Å²) in [6.45, 7) is 5.50. The van der Waals surface area contributed by atoms with E-state index in [1.165, 1.54) is 12.1 Å². The molecular weight excluding hydrogens is 333 g/mol. The zero-order chi connectivity index (χ0) is 19.1. The zero-order valence-electron chi connectivity index (χ0n) is 15.9. The van der Waals surface area contributed by atoms with Crippen LogP contribution < -0.4 is 10.6 Å². The zero-order valence-corrected chi connectivity index (χ0v) is 15.9. The smallest absolute Gasteiger partial charge is 0.317 e. The fourth-order valence-electron chi connectivity index (χ4n) is 3.28. The average Bonchev–Trinajstić information content (AvgIpc) is 2.63. The predicted octanol–water partition coefficient (Wildman–Crippen LogP) is 2.95. The van der Waals surface area contributed by atoms with Gasteiger partial charge >= 0.3 is 6.03 Å². The Morgan fingerprint density at radius 2 is 1.81 bits per heavy atom. The third-order valence-electron chi connectivity index (χ3n) is 5.14. The number of hydrogen-bond donors (Lipinski definition) is 2. The number of likely N-dealkylation sites (tertiary alicyclic amines) is 1. The number of amides is 3. The van der Waals surface area contributed by atoms with Gasteiger partial charge in [-0.3, -0.25) is 4.79 Å². The van der Waals surface area contributed by atoms with Crippen molar-refractivity contribution in [3.05, 3.63) is 35.6 Å². The van der Waals surface area contributed by atoms with E-state index in [0.717, 1.165) is 18.4 Å². The molecule has 1 atom stereocenters. The van der Waals surface area contributed by atoms with Crippen LogP contribution in [0.3, 0.4) is 0 Å². The van der Waals surface area contributed by atoms with Gasteiger partial charge in [-0.05, 0) is 48.8 Å². The first-order valence-corrected chi connectivity index (χ1v) is 9.39. The molecule has 0 aromatic heterocycles. The molecule has 1 unspecified atom stereocenters. The number of halogens is 1. The van der Waals surface area contributed by atoms with E-state index in [2.05, 4.69) is 24.5 Å². The standard InChI is InChI=1S/C20H30FN3O2/c1-14(2)18(12-15-4-6-17(21)7-5-15)23-20(26)24-10-8-16(9-11-24)13-19(25)22-3/h4-7,14,16,18H,8-13H2,1-3H3,(H,22,25)(H,23,26). The van der Waals surface area contributed by atoms with Gasteiger partial charge in [0.2, 0.25) is 5.91 Å². The second kappa shape index (κ2) is 9.55. The van der Waals surface area contributed by atoms with E-state index in [-0.39, 0.29) is 29.7 Å². The summed E-state index contributed by atoms with van der Waals surface area (Å²) < 4.78 is 13.1. The Kier molecular flexibility index (Phi) is 7.42. The third-order valence-corrected chi connectivity index (χ3v) is 5.14. The molecule has 144 valence electrons. The van der Waals surface area contributed by atoms with Crippen molar-refractivity contribution < 1.29 is 14.0 Å². The second-order valence-electron chi connectivity index (χ2n) is 7.44. The molecule has 5 nitrogen and oxygen atoms in total. The van der Waals surface area contributed by atoms with Gasteiger partial charge in [-0.15, -0.1) is 0 Å². The molecule has 26 heavy (non-hydrogen) atoms. The molecular formula is C20H30FN3O2. The first-order valence-electron chi connectivity index (χ1n) is 9.39. The molecule has 0 saturated carbocycles. The summed E-state index contributed by atoms with van der Waals surface area (Å²) in [7, 11) is 1.65. The van der Waals surface area contributed by atoms with Crippen LogP contribution >= 0.6 is 0 Å². The number of hydrogen-bond acceptors (Lipinski definition) is 2. The monoisotopic (exact) mass is 363 g/mol. The Hall–Kier alpha value is -2.11. The van der Waals surface area contributed by atoms with Crippen molar-refractivity contribution in [2.45, 2.75) is 45.6 Å². The van der Waals surface area contributed by atoms with Gasteiger partial charge in [0.25, 0.3) is 0 Å². The second-order valence-corrected chi connectivity index (χ2v) is 7.44. The van der Waals surface area contributed by atoms with Gasteiger partial charge in [0.15, 0.2) is 0 Å². The Balaban J connectivity index is 1.86. The van der Waals surface area contributed by atoms with Crippen molar-refractivity contribution >= 4 is 11.9 Å². The highest BCUT2D eigenvalue weighted by atomic mass is 19.1. The van der Waals surface area contributed by atoms with E-state index >= 15 is 0 Å². The van der Waals surface area contributed by atoms with Gasteiger partial charge in [-0.2, -0.15) is 0 Å². The van der Waals surface area contributed by atoms with E-state index in [0.29, 0.717) is 31.8 Å². The fourth-order valence-corrected chi connectivity index (χ4v) is 3.28. The highest BCUT2D eigenvalue weighted by Crippen LogP contribution is 2.21. The summed E-state index contributed by atoms with van der Waals surface area (Å²) in [6.07, 6.45) is 2.91. The van der Waals surface area contributed by atoms with E-state index < -0.39 is 0 Å². The van der Waals surface area contributed by atoms with Crippen LogP contribution in [0.5, 0.6) is 0 Å². The van der Waals surface area contributed by atoms with Crippen molar-refractivity contribution in [3.8, 4) is 0 Å². The summed E-state index contributed by atoms with van der Waals surface area (Å²) in [5.41, 5.74) is 1.01. The normalized spacial score (nSPS) is 16.4. The van der Waals surface area contributed by atoms with E-state index in [4.69, 9.17) is 0 Å². The number of nitrogens with zero attached hydrogens (tertiary/aromatic N) is 1. The van der Waals surface area contributed by atoms with Crippen molar-refractivity contribution in [3.63, 3.8) is 0 Å². The van der Waals surface area contributed by atoms with Gasteiger partial charge in [-0.25, -0.2) is 9.18 Å². The van der Waals surface area contributed by atoms with E-state index in [1.807, 2.05) is 4.90 Å². The van der Waals surface area contributed by atoms with Crippen LogP contribution in [0.15, 0.2) is 24.3 Å². The minimum atomic E-state index is -0.251. The number of carbonyl (C=O) groups is 2. The summed E-state index contributed by atoms with van der Waals surface area (Å²) in [6, 6.07) is 6.38. The lowest BCUT2D eigenvalue weighted by Gasteiger charge is -2.33. The van der Waals surface area contributed by atoms with Crippen molar-refractivity contribution in [2.75, 3.05) is 20.1 Å². The molecule has 1 heterocycles. The molecule has 1 aromatic rings. The molecule has 0 bridgehead atoms. The third kappa shape index (κ3) is 6.00. The number of carbonyl (C=O) groups excluding carboxylic acids is 2. The Morgan fingerprint density at radius 1 is 1.19 bits per heavy atom. The van der Waals surface area contributed by atoms with Crippen LogP contribution in [-0.2, 0) is 11.2 Å². The van der Waals surface area contributed by atoms with Gasteiger partial charge in [0.1, 0.15) is 5.82 Å². The SMILES string of the molecule is CNC(=O)CC1CCN(C(=O)NC(Cc2ccc(F)cc2)C(C)C)CC1. The maximum Gasteiger partial charge on any atom is 0.317 e. The molecule has 0 aliphatic carbocycles. The molecule has 1 fully saturated rings. The quantitative estimate of drug-likeness (QED) is 0.816. The van der Waals surface area contributed by atoms with Gasteiger partial charge in [0.05, 0.1) is 0 Å². The predicted molar refractivity (Wildman–Crippen MR) is 100 cm³/mol. The molecule has 1 aromatic carbocycles. The first kappa shape index (κ1) is 20.2. The Morgan fingerprint density at radius 3 is 2.35 bits per heavy atom. The van der Waals surface area contributed by atoms with E-state index in [1.54, 1.807) is 19.2 Å². The van der Waals surface area contributed by atoms with E-state index in [9.17, 15) is 14.0 Å². The molecule has 6 heteroatoms. The molecule has 1 aliphatic heterocycles. The maximum atomic E-state index is 13.1. The lowest BCUT2D eigenvalue weighted by atomic mass is 9.93. The van der Waals surface area contributed by atoms with Gasteiger partial charge in [0, 0.05) is 32.6 Å². The average molecular weight is 363 g/mol. The molecule has 2 rings (SSSR count). The Bertz CT molecular complexity index is 596. The molecule has 2 N–H and O–H groups in total. The topological polar surface area (TPSA) is 61.4 Å². The largest absolute Gasteiger partial charge is 0.359 e. The summed E-state index contributed by atoms with van der Waals surface area (Å²) in [5, 5.41) is 5.79. The minimum absolute atomic E-state index is 0.00319. The molecule has 3 amide bonds. The molecule has 1 aliphatic rings. The molecule has 0 spiro atoms. The number of urea groups is 1. The number of piperidine rings is 1. The maximum absolute atomic E-state index is 13.1. The van der Waals surface area contributed by atoms with Gasteiger partial charge < -0.3 is 15.5 Å². The van der Waals surface area contributed by atoms with Crippen LogP contribution in [0.4, 0.5) is 9.18 Å². The van der Waals surface area contributed by atoms with Crippen molar-refractivity contribution in [2.24, 2.45) is 11.8 Å². The summed E-state index contributed by atoms with van der Waals surface area (Å²) in [5.74, 6) is 0.430. The molecule has 1 saturated heterocycles. The van der Waals surface area contributed by atoms with Crippen molar-refractivity contribution in [1.29, 1.82) is 0 Å². The van der Waals surface area contributed by atoms with Crippen LogP contribution in [0, 0.1) is 17.7 Å². The number of benzene rings is 1. The first-order chi connectivity index (χ1) is 12.4. The Labute approximate surface area is 155 Å². The van der Waals surface area contributed by atoms with Crippen LogP contribution in [0.25, 0.3) is 0 Å². The number of nitrogens with one attached hydrogen (secondary N) is 2. The lowest BCUT2D eigenvalue weighted by Crippen LogP contribution is -2.50. The molecule has 0 radical (unpaired) electrons. The summed E-state index contributed by atoms with van der Waals surface area (Å²) in [4.78, 5) is 25.9. The lowest BCUT2D eigenvalue weighted by molar-refractivity contribution is -0.121. The van der Waals surface area contributed by atoms with Crippen molar-refractivity contribution in [1.82, 2.24) is 15.5 Å². The van der Waals surface area contributed by atoms with Crippen LogP contribution in [0.1, 0.15) is 38.7 Å². The number of rotatable bonds is 6. The summed E-state index contributed by atoms with van der Waals surface area (Å²) >= 11 is 0.